The van der Waals surface area contributed by atoms with Crippen LogP contribution in [0.5, 0.6) is 0 Å². The molecule has 0 spiro atoms. The van der Waals surface area contributed by atoms with Crippen LogP contribution >= 0.6 is 0 Å². The normalized spacial score (nSPS) is 14.1. The van der Waals surface area contributed by atoms with Crippen LogP contribution in [0.1, 0.15) is 28.8 Å². The predicted octanol–water partition coefficient (Wildman–Crippen LogP) is 3.11. The molecule has 0 aromatic heterocycles. The number of aromatic carboxylic acids is 1. The zero-order valence-electron chi connectivity index (χ0n) is 14.4. The maximum absolute atomic E-state index is 12.0. The summed E-state index contributed by atoms with van der Waals surface area (Å²) < 4.78 is 24.0. The van der Waals surface area contributed by atoms with Crippen LogP contribution in [0, 0.1) is 12.8 Å². The van der Waals surface area contributed by atoms with Crippen LogP contribution in [0.2, 0.25) is 0 Å². The summed E-state index contributed by atoms with van der Waals surface area (Å²) in [6.45, 7) is 1.87. The van der Waals surface area contributed by atoms with E-state index in [0.717, 1.165) is 30.2 Å². The number of carbonyl (C=O) groups excluding carboxylic acids is 1. The summed E-state index contributed by atoms with van der Waals surface area (Å²) in [5.41, 5.74) is 2.57. The molecular formula is C19H19NO5S. The molecule has 1 amide bonds. The van der Waals surface area contributed by atoms with E-state index in [0.29, 0.717) is 11.3 Å². The van der Waals surface area contributed by atoms with Gasteiger partial charge in [-0.25, -0.2) is 13.2 Å². The number of rotatable bonds is 5. The largest absolute Gasteiger partial charge is 0.478 e. The number of anilines is 1. The molecule has 0 atom stereocenters. The van der Waals surface area contributed by atoms with Gasteiger partial charge in [-0.2, -0.15) is 0 Å². The Bertz CT molecular complexity index is 1010. The van der Waals surface area contributed by atoms with E-state index < -0.39 is 15.8 Å². The lowest BCUT2D eigenvalue weighted by atomic mass is 9.98. The van der Waals surface area contributed by atoms with Crippen LogP contribution in [-0.2, 0) is 14.6 Å². The van der Waals surface area contributed by atoms with Gasteiger partial charge in [-0.3, -0.25) is 4.79 Å². The molecule has 2 aromatic rings. The first-order valence-corrected chi connectivity index (χ1v) is 10.1. The van der Waals surface area contributed by atoms with E-state index in [1.165, 1.54) is 12.1 Å². The molecule has 0 heterocycles. The third kappa shape index (κ3) is 3.77. The number of amides is 1. The van der Waals surface area contributed by atoms with Gasteiger partial charge in [0.15, 0.2) is 9.84 Å². The maximum atomic E-state index is 12.0. The number of nitrogens with one attached hydrogen (secondary N) is 1. The summed E-state index contributed by atoms with van der Waals surface area (Å²) in [7, 11) is -3.70. The smallest absolute Gasteiger partial charge is 0.337 e. The van der Waals surface area contributed by atoms with Crippen molar-refractivity contribution in [3.63, 3.8) is 0 Å². The number of sulfone groups is 1. The highest BCUT2D eigenvalue weighted by Gasteiger charge is 2.29. The van der Waals surface area contributed by atoms with Crippen LogP contribution in [0.15, 0.2) is 41.3 Å². The number of hydrogen-bond acceptors (Lipinski definition) is 4. The van der Waals surface area contributed by atoms with E-state index in [4.69, 9.17) is 0 Å². The van der Waals surface area contributed by atoms with Gasteiger partial charge in [-0.05, 0) is 60.7 Å². The molecule has 0 bridgehead atoms. The number of carbonyl (C=O) groups is 2. The minimum absolute atomic E-state index is 0.0159. The zero-order valence-corrected chi connectivity index (χ0v) is 15.3. The highest BCUT2D eigenvalue weighted by Crippen LogP contribution is 2.33. The van der Waals surface area contributed by atoms with E-state index in [2.05, 4.69) is 5.32 Å². The second kappa shape index (κ2) is 6.57. The van der Waals surface area contributed by atoms with Gasteiger partial charge in [-0.1, -0.05) is 12.1 Å². The predicted molar refractivity (Wildman–Crippen MR) is 98.0 cm³/mol. The fourth-order valence-electron chi connectivity index (χ4n) is 2.77. The van der Waals surface area contributed by atoms with Crippen LogP contribution < -0.4 is 5.32 Å². The number of carboxylic acid groups (broad SMARTS) is 1. The topological polar surface area (TPSA) is 101 Å². The summed E-state index contributed by atoms with van der Waals surface area (Å²) in [6.07, 6.45) is 2.79. The second-order valence-corrected chi connectivity index (χ2v) is 8.57. The molecule has 136 valence electrons. The molecule has 1 aliphatic rings. The van der Waals surface area contributed by atoms with Crippen molar-refractivity contribution >= 4 is 27.4 Å². The van der Waals surface area contributed by atoms with Crippen molar-refractivity contribution < 1.29 is 23.1 Å². The Morgan fingerprint density at radius 1 is 1.12 bits per heavy atom. The summed E-state index contributed by atoms with van der Waals surface area (Å²) in [5.74, 6) is -1.23. The maximum Gasteiger partial charge on any atom is 0.337 e. The van der Waals surface area contributed by atoms with Gasteiger partial charge in [0.2, 0.25) is 5.91 Å². The van der Waals surface area contributed by atoms with Crippen molar-refractivity contribution in [2.24, 2.45) is 5.92 Å². The fourth-order valence-corrected chi connectivity index (χ4v) is 3.67. The molecule has 3 rings (SSSR count). The third-order valence-corrected chi connectivity index (χ3v) is 5.51. The van der Waals surface area contributed by atoms with Gasteiger partial charge in [0.25, 0.3) is 0 Å². The van der Waals surface area contributed by atoms with Crippen molar-refractivity contribution in [2.75, 3.05) is 11.6 Å². The monoisotopic (exact) mass is 373 g/mol. The van der Waals surface area contributed by atoms with E-state index in [-0.39, 0.29) is 22.3 Å². The van der Waals surface area contributed by atoms with Crippen molar-refractivity contribution in [2.45, 2.75) is 24.7 Å². The van der Waals surface area contributed by atoms with E-state index in [9.17, 15) is 23.1 Å². The Morgan fingerprint density at radius 3 is 2.38 bits per heavy atom. The van der Waals surface area contributed by atoms with E-state index in [1.807, 2.05) is 13.0 Å². The highest BCUT2D eigenvalue weighted by atomic mass is 32.2. The van der Waals surface area contributed by atoms with E-state index in [1.54, 1.807) is 18.2 Å². The molecule has 1 aliphatic carbocycles. The Hall–Kier alpha value is -2.67. The molecule has 26 heavy (non-hydrogen) atoms. The molecule has 2 N–H and O–H groups in total. The SMILES string of the molecule is Cc1ccc(NC(=O)C2CC2)cc1-c1ccc(C(=O)O)c(S(C)(=O)=O)c1. The van der Waals surface area contributed by atoms with Crippen molar-refractivity contribution in [1.29, 1.82) is 0 Å². The first-order chi connectivity index (χ1) is 12.2. The average molecular weight is 373 g/mol. The first-order valence-electron chi connectivity index (χ1n) is 8.16. The lowest BCUT2D eigenvalue weighted by Crippen LogP contribution is -2.13. The minimum atomic E-state index is -3.70. The second-order valence-electron chi connectivity index (χ2n) is 6.58. The van der Waals surface area contributed by atoms with Crippen LogP contribution in [0.3, 0.4) is 0 Å². The molecular weight excluding hydrogens is 354 g/mol. The number of carboxylic acids is 1. The number of hydrogen-bond donors (Lipinski definition) is 2. The molecule has 0 unspecified atom stereocenters. The van der Waals surface area contributed by atoms with Crippen LogP contribution in [0.25, 0.3) is 11.1 Å². The average Bonchev–Trinajstić information content (AvgIpc) is 3.40. The van der Waals surface area contributed by atoms with Gasteiger partial charge in [0.1, 0.15) is 0 Å². The van der Waals surface area contributed by atoms with Gasteiger partial charge >= 0.3 is 5.97 Å². The number of aryl methyl sites for hydroxylation is 1. The van der Waals surface area contributed by atoms with Crippen molar-refractivity contribution in [1.82, 2.24) is 0 Å². The summed E-state index contributed by atoms with van der Waals surface area (Å²) in [4.78, 5) is 23.0. The Balaban J connectivity index is 2.05. The summed E-state index contributed by atoms with van der Waals surface area (Å²) >= 11 is 0. The molecule has 6 nitrogen and oxygen atoms in total. The fraction of sp³-hybridized carbons (Fsp3) is 0.263. The first kappa shape index (κ1) is 18.1. The molecule has 1 saturated carbocycles. The van der Waals surface area contributed by atoms with Crippen molar-refractivity contribution in [3.05, 3.63) is 47.5 Å². The molecule has 0 aliphatic heterocycles. The Kier molecular flexibility index (Phi) is 4.58. The third-order valence-electron chi connectivity index (χ3n) is 4.38. The minimum Gasteiger partial charge on any atom is -0.478 e. The van der Waals surface area contributed by atoms with Gasteiger partial charge in [0, 0.05) is 17.9 Å². The van der Waals surface area contributed by atoms with Crippen LogP contribution in [-0.4, -0.2) is 31.7 Å². The molecule has 0 radical (unpaired) electrons. The van der Waals surface area contributed by atoms with Gasteiger partial charge in [0.05, 0.1) is 10.5 Å². The molecule has 0 saturated heterocycles. The van der Waals surface area contributed by atoms with Crippen molar-refractivity contribution in [3.8, 4) is 11.1 Å². The molecule has 7 heteroatoms. The molecule has 2 aromatic carbocycles. The highest BCUT2D eigenvalue weighted by molar-refractivity contribution is 7.90. The summed E-state index contributed by atoms with van der Waals surface area (Å²) in [6, 6.07) is 9.65. The quantitative estimate of drug-likeness (QED) is 0.839. The lowest BCUT2D eigenvalue weighted by Gasteiger charge is -2.12. The Labute approximate surface area is 151 Å². The lowest BCUT2D eigenvalue weighted by molar-refractivity contribution is -0.117. The standard InChI is InChI=1S/C19H19NO5S/c1-11-3-7-14(20-18(21)12-4-5-12)10-16(11)13-6-8-15(19(22)23)17(9-13)26(2,24)25/h3,6-10,12H,4-5H2,1-2H3,(H,20,21)(H,22,23). The van der Waals surface area contributed by atoms with Gasteiger partial charge < -0.3 is 10.4 Å². The zero-order chi connectivity index (χ0) is 19.1. The van der Waals surface area contributed by atoms with Crippen LogP contribution in [0.4, 0.5) is 5.69 Å². The van der Waals surface area contributed by atoms with Gasteiger partial charge in [-0.15, -0.1) is 0 Å². The Morgan fingerprint density at radius 2 is 1.81 bits per heavy atom. The number of benzene rings is 2. The molecule has 1 fully saturated rings. The van der Waals surface area contributed by atoms with E-state index >= 15 is 0 Å². The summed E-state index contributed by atoms with van der Waals surface area (Å²) in [5, 5.41) is 12.1.